The highest BCUT2D eigenvalue weighted by atomic mass is 16.4. The van der Waals surface area contributed by atoms with E-state index in [-0.39, 0.29) is 12.5 Å². The number of aromatic nitrogens is 1. The Hall–Kier alpha value is -3.80. The molecule has 0 spiro atoms. The number of benzene rings is 3. The van der Waals surface area contributed by atoms with E-state index in [4.69, 9.17) is 4.42 Å². The third-order valence-electron chi connectivity index (χ3n) is 4.39. The van der Waals surface area contributed by atoms with Crippen LogP contribution in [0.15, 0.2) is 94.1 Å². The lowest BCUT2D eigenvalue weighted by atomic mass is 10.2. The average Bonchev–Trinajstić information content (AvgIpc) is 3.04. The van der Waals surface area contributed by atoms with Crippen molar-refractivity contribution < 1.29 is 9.21 Å². The molecular weight excluding hydrogens is 354 g/mol. The van der Waals surface area contributed by atoms with Gasteiger partial charge in [0.15, 0.2) is 5.58 Å². The number of carbonyl (C=O) groups is 1. The molecule has 1 amide bonds. The topological polar surface area (TPSA) is 67.5 Å². The first-order chi connectivity index (χ1) is 13.7. The second kappa shape index (κ2) is 7.84. The summed E-state index contributed by atoms with van der Waals surface area (Å²) in [4.78, 5) is 24.8. The molecule has 4 aromatic rings. The van der Waals surface area contributed by atoms with Gasteiger partial charge in [-0.2, -0.15) is 0 Å². The van der Waals surface area contributed by atoms with Crippen LogP contribution in [0.5, 0.6) is 0 Å². The zero-order valence-corrected chi connectivity index (χ0v) is 15.1. The molecule has 6 nitrogen and oxygen atoms in total. The minimum absolute atomic E-state index is 0.131. The van der Waals surface area contributed by atoms with Gasteiger partial charge in [0.2, 0.25) is 0 Å². The smallest absolute Gasteiger partial charge is 0.408 e. The van der Waals surface area contributed by atoms with Gasteiger partial charge >= 0.3 is 5.76 Å². The van der Waals surface area contributed by atoms with Crippen molar-refractivity contribution in [3.63, 3.8) is 0 Å². The fourth-order valence-corrected chi connectivity index (χ4v) is 3.06. The zero-order valence-electron chi connectivity index (χ0n) is 15.1. The van der Waals surface area contributed by atoms with Crippen molar-refractivity contribution in [3.05, 3.63) is 101 Å². The zero-order chi connectivity index (χ0) is 19.3. The van der Waals surface area contributed by atoms with Gasteiger partial charge in [-0.15, -0.1) is 0 Å². The summed E-state index contributed by atoms with van der Waals surface area (Å²) in [6, 6.07) is 26.5. The number of oxazole rings is 1. The molecule has 1 N–H and O–H groups in total. The van der Waals surface area contributed by atoms with E-state index in [1.54, 1.807) is 29.3 Å². The molecule has 140 valence electrons. The van der Waals surface area contributed by atoms with Gasteiger partial charge in [-0.25, -0.2) is 4.79 Å². The van der Waals surface area contributed by atoms with Crippen molar-refractivity contribution >= 4 is 22.7 Å². The molecule has 0 saturated heterocycles. The largest absolute Gasteiger partial charge is 0.420 e. The average molecular weight is 373 g/mol. The van der Waals surface area contributed by atoms with E-state index in [1.165, 1.54) is 4.57 Å². The first-order valence-electron chi connectivity index (χ1n) is 8.95. The molecule has 6 heteroatoms. The van der Waals surface area contributed by atoms with Crippen molar-refractivity contribution in [2.45, 2.75) is 13.1 Å². The number of hydrogen-bond acceptors (Lipinski definition) is 4. The molecule has 28 heavy (non-hydrogen) atoms. The fraction of sp³-hybridized carbons (Fsp3) is 0.0909. The number of anilines is 1. The minimum Gasteiger partial charge on any atom is -0.408 e. The molecule has 3 aromatic carbocycles. The Morgan fingerprint density at radius 3 is 2.29 bits per heavy atom. The summed E-state index contributed by atoms with van der Waals surface area (Å²) in [5.41, 5.74) is 5.87. The highest BCUT2D eigenvalue weighted by Gasteiger charge is 2.15. The highest BCUT2D eigenvalue weighted by molar-refractivity contribution is 5.80. The Balaban J connectivity index is 1.56. The maximum atomic E-state index is 12.7. The maximum absolute atomic E-state index is 12.7. The monoisotopic (exact) mass is 373 g/mol. The predicted molar refractivity (Wildman–Crippen MR) is 108 cm³/mol. The van der Waals surface area contributed by atoms with Crippen molar-refractivity contribution in [2.24, 2.45) is 0 Å². The van der Waals surface area contributed by atoms with E-state index < -0.39 is 5.76 Å². The first-order valence-corrected chi connectivity index (χ1v) is 8.95. The van der Waals surface area contributed by atoms with E-state index in [2.05, 4.69) is 5.43 Å². The molecule has 0 unspecified atom stereocenters. The summed E-state index contributed by atoms with van der Waals surface area (Å²) in [7, 11) is 0. The molecular formula is C22H19N3O3. The van der Waals surface area contributed by atoms with Gasteiger partial charge in [-0.1, -0.05) is 60.7 Å². The van der Waals surface area contributed by atoms with Gasteiger partial charge in [-0.05, 0) is 29.8 Å². The number of nitrogens with one attached hydrogen (secondary N) is 1. The number of nitrogens with zero attached hydrogens (tertiary/aromatic N) is 2. The van der Waals surface area contributed by atoms with Crippen LogP contribution in [0.1, 0.15) is 5.56 Å². The van der Waals surface area contributed by atoms with E-state index in [0.29, 0.717) is 17.6 Å². The second-order valence-corrected chi connectivity index (χ2v) is 6.36. The van der Waals surface area contributed by atoms with Crippen molar-refractivity contribution in [1.82, 2.24) is 9.99 Å². The summed E-state index contributed by atoms with van der Waals surface area (Å²) in [6.07, 6.45) is 0. The fourth-order valence-electron chi connectivity index (χ4n) is 3.06. The van der Waals surface area contributed by atoms with E-state index in [1.807, 2.05) is 60.7 Å². The third-order valence-corrected chi connectivity index (χ3v) is 4.39. The molecule has 0 bridgehead atoms. The number of para-hydroxylation sites is 3. The Bertz CT molecular complexity index is 1130. The van der Waals surface area contributed by atoms with Gasteiger partial charge in [-0.3, -0.25) is 19.8 Å². The number of amides is 1. The van der Waals surface area contributed by atoms with Crippen molar-refractivity contribution in [2.75, 3.05) is 5.01 Å². The van der Waals surface area contributed by atoms with E-state index >= 15 is 0 Å². The maximum Gasteiger partial charge on any atom is 0.420 e. The van der Waals surface area contributed by atoms with Crippen molar-refractivity contribution in [3.8, 4) is 0 Å². The lowest BCUT2D eigenvalue weighted by Crippen LogP contribution is -2.44. The van der Waals surface area contributed by atoms with E-state index in [0.717, 1.165) is 11.3 Å². The van der Waals surface area contributed by atoms with Crippen LogP contribution in [0.4, 0.5) is 5.69 Å². The van der Waals surface area contributed by atoms with Gasteiger partial charge in [0.05, 0.1) is 17.7 Å². The number of fused-ring (bicyclic) bond motifs is 1. The van der Waals surface area contributed by atoms with Crippen LogP contribution in [0.2, 0.25) is 0 Å². The van der Waals surface area contributed by atoms with Crippen LogP contribution in [-0.4, -0.2) is 10.5 Å². The normalized spacial score (nSPS) is 10.7. The Morgan fingerprint density at radius 2 is 1.54 bits per heavy atom. The molecule has 0 saturated carbocycles. The Morgan fingerprint density at radius 1 is 0.893 bits per heavy atom. The van der Waals surface area contributed by atoms with Crippen molar-refractivity contribution in [1.29, 1.82) is 0 Å². The van der Waals surface area contributed by atoms with Crippen LogP contribution in [0, 0.1) is 0 Å². The lowest BCUT2D eigenvalue weighted by Gasteiger charge is -2.25. The second-order valence-electron chi connectivity index (χ2n) is 6.36. The predicted octanol–water partition coefficient (Wildman–Crippen LogP) is 3.33. The summed E-state index contributed by atoms with van der Waals surface area (Å²) in [6.45, 7) is 0.367. The lowest BCUT2D eigenvalue weighted by molar-refractivity contribution is -0.121. The van der Waals surface area contributed by atoms with Crippen LogP contribution < -0.4 is 16.2 Å². The summed E-state index contributed by atoms with van der Waals surface area (Å²) in [5, 5.41) is 1.77. The molecule has 1 heterocycles. The standard InChI is InChI=1S/C22H19N3O3/c26-21(16-24-19-13-7-8-14-20(19)28-22(24)27)23-25(18-11-5-2-6-12-18)15-17-9-3-1-4-10-17/h1-14H,15-16H2,(H,23,26). The number of hydrazine groups is 1. The minimum atomic E-state index is -0.550. The molecule has 0 fully saturated rings. The molecule has 0 aliphatic carbocycles. The SMILES string of the molecule is O=C(Cn1c(=O)oc2ccccc21)NN(Cc1ccccc1)c1ccccc1. The van der Waals surface area contributed by atoms with Crippen LogP contribution >= 0.6 is 0 Å². The number of carbonyl (C=O) groups excluding carboxylic acids is 1. The van der Waals surface area contributed by atoms with Crippen LogP contribution in [0.3, 0.4) is 0 Å². The Kier molecular flexibility index (Phi) is 4.93. The van der Waals surface area contributed by atoms with Gasteiger partial charge < -0.3 is 4.42 Å². The summed E-state index contributed by atoms with van der Waals surface area (Å²) < 4.78 is 6.53. The quantitative estimate of drug-likeness (QED) is 0.527. The number of rotatable bonds is 6. The number of hydrogen-bond donors (Lipinski definition) is 1. The molecule has 1 aromatic heterocycles. The molecule has 0 aliphatic heterocycles. The molecule has 0 aliphatic rings. The summed E-state index contributed by atoms with van der Waals surface area (Å²) in [5.74, 6) is -0.862. The van der Waals surface area contributed by atoms with Crippen LogP contribution in [-0.2, 0) is 17.9 Å². The van der Waals surface area contributed by atoms with Crippen LogP contribution in [0.25, 0.3) is 11.1 Å². The highest BCUT2D eigenvalue weighted by Crippen LogP contribution is 2.15. The van der Waals surface area contributed by atoms with Gasteiger partial charge in [0.1, 0.15) is 6.54 Å². The molecule has 4 rings (SSSR count). The molecule has 0 atom stereocenters. The van der Waals surface area contributed by atoms with Gasteiger partial charge in [0, 0.05) is 0 Å². The Labute approximate surface area is 161 Å². The first kappa shape index (κ1) is 17.6. The third kappa shape index (κ3) is 3.81. The van der Waals surface area contributed by atoms with Gasteiger partial charge in [0.25, 0.3) is 5.91 Å². The van der Waals surface area contributed by atoms with E-state index in [9.17, 15) is 9.59 Å². The summed E-state index contributed by atoms with van der Waals surface area (Å²) >= 11 is 0. The molecule has 0 radical (unpaired) electrons.